The van der Waals surface area contributed by atoms with Crippen molar-refractivity contribution in [2.45, 2.75) is 25.6 Å². The van der Waals surface area contributed by atoms with Crippen LogP contribution in [-0.4, -0.2) is 31.2 Å². The van der Waals surface area contributed by atoms with E-state index in [0.717, 1.165) is 26.1 Å². The molecule has 0 aromatic heterocycles. The first-order chi connectivity index (χ1) is 7.83. The van der Waals surface area contributed by atoms with Crippen LogP contribution < -0.4 is 5.73 Å². The van der Waals surface area contributed by atoms with Gasteiger partial charge in [0.2, 0.25) is 0 Å². The van der Waals surface area contributed by atoms with E-state index in [9.17, 15) is 0 Å². The summed E-state index contributed by atoms with van der Waals surface area (Å²) in [7, 11) is 1.79. The number of rotatable bonds is 4. The second-order valence-corrected chi connectivity index (χ2v) is 4.35. The Balaban J connectivity index is 1.99. The van der Waals surface area contributed by atoms with E-state index >= 15 is 0 Å². The molecule has 88 valence electrons. The van der Waals surface area contributed by atoms with Gasteiger partial charge in [0, 0.05) is 33.3 Å². The number of methoxy groups -OCH3 is 1. The van der Waals surface area contributed by atoms with Crippen molar-refractivity contribution in [2.75, 3.05) is 20.2 Å². The maximum atomic E-state index is 5.74. The predicted molar refractivity (Wildman–Crippen MR) is 65.0 cm³/mol. The summed E-state index contributed by atoms with van der Waals surface area (Å²) in [5.41, 5.74) is 8.34. The number of hydrogen-bond acceptors (Lipinski definition) is 3. The lowest BCUT2D eigenvalue weighted by Gasteiger charge is -2.17. The predicted octanol–water partition coefficient (Wildman–Crippen LogP) is 1.37. The number of benzene rings is 1. The second kappa shape index (κ2) is 5.43. The highest BCUT2D eigenvalue weighted by atomic mass is 16.5. The van der Waals surface area contributed by atoms with Gasteiger partial charge in [0.25, 0.3) is 0 Å². The van der Waals surface area contributed by atoms with Gasteiger partial charge >= 0.3 is 0 Å². The molecular weight excluding hydrogens is 200 g/mol. The molecule has 1 unspecified atom stereocenters. The molecule has 1 aromatic carbocycles. The summed E-state index contributed by atoms with van der Waals surface area (Å²) in [4.78, 5) is 2.43. The monoisotopic (exact) mass is 220 g/mol. The standard InChI is InChI=1S/C13H20N2O/c1-16-13-6-7-15(10-13)9-12-5-3-2-4-11(12)8-14/h2-5,13H,6-10,14H2,1H3. The second-order valence-electron chi connectivity index (χ2n) is 4.35. The van der Waals surface area contributed by atoms with E-state index in [4.69, 9.17) is 10.5 Å². The fraction of sp³-hybridized carbons (Fsp3) is 0.538. The molecule has 1 saturated heterocycles. The molecule has 1 heterocycles. The van der Waals surface area contributed by atoms with E-state index in [0.29, 0.717) is 12.6 Å². The Morgan fingerprint density at radius 2 is 2.12 bits per heavy atom. The van der Waals surface area contributed by atoms with Crippen molar-refractivity contribution >= 4 is 0 Å². The van der Waals surface area contributed by atoms with Crippen LogP contribution in [0.2, 0.25) is 0 Å². The third-order valence-electron chi connectivity index (χ3n) is 3.29. The molecule has 0 bridgehead atoms. The quantitative estimate of drug-likeness (QED) is 0.833. The van der Waals surface area contributed by atoms with E-state index < -0.39 is 0 Å². The van der Waals surface area contributed by atoms with Gasteiger partial charge in [-0.1, -0.05) is 24.3 Å². The Labute approximate surface area is 97.2 Å². The van der Waals surface area contributed by atoms with Crippen LogP contribution in [0.5, 0.6) is 0 Å². The molecule has 1 aliphatic heterocycles. The Bertz CT molecular complexity index is 340. The van der Waals surface area contributed by atoms with E-state index in [1.165, 1.54) is 11.1 Å². The van der Waals surface area contributed by atoms with Crippen molar-refractivity contribution in [3.05, 3.63) is 35.4 Å². The van der Waals surface area contributed by atoms with E-state index in [1.807, 2.05) is 6.07 Å². The zero-order valence-electron chi connectivity index (χ0n) is 9.86. The summed E-state index contributed by atoms with van der Waals surface area (Å²) in [6.45, 7) is 3.78. The van der Waals surface area contributed by atoms with Crippen LogP contribution in [0.4, 0.5) is 0 Å². The van der Waals surface area contributed by atoms with E-state index in [1.54, 1.807) is 7.11 Å². The molecule has 0 amide bonds. The molecule has 1 fully saturated rings. The van der Waals surface area contributed by atoms with Gasteiger partial charge in [0.05, 0.1) is 6.10 Å². The van der Waals surface area contributed by atoms with Crippen LogP contribution in [0.3, 0.4) is 0 Å². The number of hydrogen-bond donors (Lipinski definition) is 1. The summed E-state index contributed by atoms with van der Waals surface area (Å²) in [5, 5.41) is 0. The Kier molecular flexibility index (Phi) is 3.93. The molecule has 1 aromatic rings. The Morgan fingerprint density at radius 1 is 1.38 bits per heavy atom. The van der Waals surface area contributed by atoms with Crippen LogP contribution in [-0.2, 0) is 17.8 Å². The van der Waals surface area contributed by atoms with Crippen LogP contribution in [0.1, 0.15) is 17.5 Å². The first-order valence-electron chi connectivity index (χ1n) is 5.85. The average Bonchev–Trinajstić information content (AvgIpc) is 2.77. The lowest BCUT2D eigenvalue weighted by Crippen LogP contribution is -2.23. The summed E-state index contributed by atoms with van der Waals surface area (Å²) in [6, 6.07) is 8.41. The van der Waals surface area contributed by atoms with Crippen LogP contribution in [0.15, 0.2) is 24.3 Å². The normalized spacial score (nSPS) is 21.5. The highest BCUT2D eigenvalue weighted by Gasteiger charge is 2.22. The van der Waals surface area contributed by atoms with Gasteiger partial charge in [-0.3, -0.25) is 4.90 Å². The summed E-state index contributed by atoms with van der Waals surface area (Å²) in [5.74, 6) is 0. The average molecular weight is 220 g/mol. The van der Waals surface area contributed by atoms with E-state index in [-0.39, 0.29) is 0 Å². The number of ether oxygens (including phenoxy) is 1. The van der Waals surface area contributed by atoms with Crippen molar-refractivity contribution < 1.29 is 4.74 Å². The minimum absolute atomic E-state index is 0.407. The maximum absolute atomic E-state index is 5.74. The zero-order valence-corrected chi connectivity index (χ0v) is 9.86. The molecule has 3 heteroatoms. The molecule has 0 saturated carbocycles. The fourth-order valence-corrected chi connectivity index (χ4v) is 2.28. The molecule has 0 radical (unpaired) electrons. The first-order valence-corrected chi connectivity index (χ1v) is 5.85. The molecule has 1 atom stereocenters. The van der Waals surface area contributed by atoms with Gasteiger partial charge in [-0.05, 0) is 17.5 Å². The molecule has 0 aliphatic carbocycles. The van der Waals surface area contributed by atoms with Crippen molar-refractivity contribution in [3.63, 3.8) is 0 Å². The number of nitrogens with zero attached hydrogens (tertiary/aromatic N) is 1. The molecular formula is C13H20N2O. The van der Waals surface area contributed by atoms with Crippen molar-refractivity contribution in [1.29, 1.82) is 0 Å². The van der Waals surface area contributed by atoms with Gasteiger partial charge in [0.15, 0.2) is 0 Å². The van der Waals surface area contributed by atoms with E-state index in [2.05, 4.69) is 23.1 Å². The molecule has 1 aliphatic rings. The lowest BCUT2D eigenvalue weighted by atomic mass is 10.1. The highest BCUT2D eigenvalue weighted by Crippen LogP contribution is 2.17. The van der Waals surface area contributed by atoms with Crippen molar-refractivity contribution in [1.82, 2.24) is 4.90 Å². The largest absolute Gasteiger partial charge is 0.380 e. The molecule has 3 nitrogen and oxygen atoms in total. The summed E-state index contributed by atoms with van der Waals surface area (Å²) < 4.78 is 5.37. The third-order valence-corrected chi connectivity index (χ3v) is 3.29. The summed E-state index contributed by atoms with van der Waals surface area (Å²) in [6.07, 6.45) is 1.55. The van der Waals surface area contributed by atoms with Gasteiger partial charge in [0.1, 0.15) is 0 Å². The molecule has 2 N–H and O–H groups in total. The Hall–Kier alpha value is -0.900. The minimum Gasteiger partial charge on any atom is -0.380 e. The number of likely N-dealkylation sites (tertiary alicyclic amines) is 1. The summed E-state index contributed by atoms with van der Waals surface area (Å²) >= 11 is 0. The topological polar surface area (TPSA) is 38.5 Å². The minimum atomic E-state index is 0.407. The number of nitrogens with two attached hydrogens (primary N) is 1. The van der Waals surface area contributed by atoms with Crippen molar-refractivity contribution in [3.8, 4) is 0 Å². The lowest BCUT2D eigenvalue weighted by molar-refractivity contribution is 0.107. The molecule has 2 rings (SSSR count). The van der Waals surface area contributed by atoms with Crippen LogP contribution >= 0.6 is 0 Å². The third kappa shape index (κ3) is 2.61. The SMILES string of the molecule is COC1CCN(Cc2ccccc2CN)C1. The van der Waals surface area contributed by atoms with Crippen LogP contribution in [0.25, 0.3) is 0 Å². The van der Waals surface area contributed by atoms with Gasteiger partial charge in [-0.2, -0.15) is 0 Å². The van der Waals surface area contributed by atoms with Gasteiger partial charge in [-0.15, -0.1) is 0 Å². The fourth-order valence-electron chi connectivity index (χ4n) is 2.28. The zero-order chi connectivity index (χ0) is 11.4. The smallest absolute Gasteiger partial charge is 0.0710 e. The van der Waals surface area contributed by atoms with Gasteiger partial charge < -0.3 is 10.5 Å². The Morgan fingerprint density at radius 3 is 2.75 bits per heavy atom. The highest BCUT2D eigenvalue weighted by molar-refractivity contribution is 5.26. The molecule has 0 spiro atoms. The maximum Gasteiger partial charge on any atom is 0.0710 e. The van der Waals surface area contributed by atoms with Crippen LogP contribution in [0, 0.1) is 0 Å². The molecule has 16 heavy (non-hydrogen) atoms. The van der Waals surface area contributed by atoms with Gasteiger partial charge in [-0.25, -0.2) is 0 Å². The first kappa shape index (κ1) is 11.6. The van der Waals surface area contributed by atoms with Crippen molar-refractivity contribution in [2.24, 2.45) is 5.73 Å².